The van der Waals surface area contributed by atoms with Crippen LogP contribution >= 0.6 is 0 Å². The highest BCUT2D eigenvalue weighted by molar-refractivity contribution is 5.77. The maximum atomic E-state index is 12.4. The van der Waals surface area contributed by atoms with E-state index in [9.17, 15) is 4.79 Å². The van der Waals surface area contributed by atoms with Crippen molar-refractivity contribution < 1.29 is 4.79 Å². The van der Waals surface area contributed by atoms with Crippen molar-refractivity contribution in [3.8, 4) is 0 Å². The third-order valence-electron chi connectivity index (χ3n) is 4.64. The van der Waals surface area contributed by atoms with Crippen molar-refractivity contribution in [3.63, 3.8) is 0 Å². The number of benzene rings is 1. The molecular weight excluding hydrogens is 314 g/mol. The topological polar surface area (TPSA) is 61.4 Å². The minimum atomic E-state index is 0.199. The molecule has 1 aliphatic rings. The van der Waals surface area contributed by atoms with Crippen molar-refractivity contribution in [1.82, 2.24) is 14.9 Å². The van der Waals surface area contributed by atoms with Crippen molar-refractivity contribution in [2.45, 2.75) is 20.3 Å². The van der Waals surface area contributed by atoms with Gasteiger partial charge in [-0.3, -0.25) is 4.79 Å². The predicted molar refractivity (Wildman–Crippen MR) is 99.8 cm³/mol. The minimum absolute atomic E-state index is 0.199. The van der Waals surface area contributed by atoms with Crippen molar-refractivity contribution in [1.29, 1.82) is 0 Å². The third kappa shape index (κ3) is 4.47. The predicted octanol–water partition coefficient (Wildman–Crippen LogP) is 2.24. The third-order valence-corrected chi connectivity index (χ3v) is 4.64. The van der Waals surface area contributed by atoms with E-state index >= 15 is 0 Å². The Morgan fingerprint density at radius 3 is 2.48 bits per heavy atom. The van der Waals surface area contributed by atoms with E-state index in [0.29, 0.717) is 13.0 Å². The Labute approximate surface area is 148 Å². The molecule has 6 nitrogen and oxygen atoms in total. The molecule has 132 valence electrons. The molecule has 1 saturated heterocycles. The second kappa shape index (κ2) is 7.96. The molecule has 1 aromatic carbocycles. The second-order valence-electron chi connectivity index (χ2n) is 6.39. The lowest BCUT2D eigenvalue weighted by Gasteiger charge is -2.34. The summed E-state index contributed by atoms with van der Waals surface area (Å²) < 4.78 is 0. The molecule has 1 amide bonds. The first kappa shape index (κ1) is 17.2. The lowest BCUT2D eigenvalue weighted by atomic mass is 10.1. The van der Waals surface area contributed by atoms with E-state index in [2.05, 4.69) is 52.2 Å². The van der Waals surface area contributed by atoms with Crippen LogP contribution in [0.2, 0.25) is 0 Å². The Morgan fingerprint density at radius 2 is 1.80 bits per heavy atom. The number of anilines is 2. The molecular formula is C19H25N5O. The van der Waals surface area contributed by atoms with Gasteiger partial charge in [0, 0.05) is 57.2 Å². The number of aromatic nitrogens is 2. The summed E-state index contributed by atoms with van der Waals surface area (Å²) in [5, 5.41) is 3.34. The Bertz CT molecular complexity index is 711. The molecule has 2 heterocycles. The maximum Gasteiger partial charge on any atom is 0.225 e. The summed E-state index contributed by atoms with van der Waals surface area (Å²) in [7, 11) is 0. The van der Waals surface area contributed by atoms with Crippen molar-refractivity contribution in [3.05, 3.63) is 47.8 Å². The maximum absolute atomic E-state index is 12.4. The van der Waals surface area contributed by atoms with E-state index in [1.54, 1.807) is 12.4 Å². The molecule has 6 heteroatoms. The Morgan fingerprint density at radius 1 is 1.08 bits per heavy atom. The van der Waals surface area contributed by atoms with Crippen LogP contribution in [-0.4, -0.2) is 53.5 Å². The van der Waals surface area contributed by atoms with E-state index < -0.39 is 0 Å². The van der Waals surface area contributed by atoms with Gasteiger partial charge in [0.1, 0.15) is 0 Å². The van der Waals surface area contributed by atoms with Gasteiger partial charge in [0.05, 0.1) is 0 Å². The molecule has 0 saturated carbocycles. The molecule has 1 N–H and O–H groups in total. The Balaban J connectivity index is 1.43. The van der Waals surface area contributed by atoms with Crippen LogP contribution in [0.15, 0.2) is 36.7 Å². The van der Waals surface area contributed by atoms with Gasteiger partial charge >= 0.3 is 0 Å². The zero-order valence-electron chi connectivity index (χ0n) is 14.9. The lowest BCUT2D eigenvalue weighted by Crippen LogP contribution is -2.49. The molecule has 1 aromatic heterocycles. The van der Waals surface area contributed by atoms with Crippen LogP contribution in [0.3, 0.4) is 0 Å². The largest absolute Gasteiger partial charge is 0.385 e. The number of rotatable bonds is 5. The van der Waals surface area contributed by atoms with Crippen LogP contribution < -0.4 is 10.2 Å². The van der Waals surface area contributed by atoms with E-state index in [-0.39, 0.29) is 5.91 Å². The highest BCUT2D eigenvalue weighted by Gasteiger charge is 2.21. The first-order valence-corrected chi connectivity index (χ1v) is 8.74. The summed E-state index contributed by atoms with van der Waals surface area (Å²) in [4.78, 5) is 25.0. The van der Waals surface area contributed by atoms with Crippen molar-refractivity contribution >= 4 is 17.5 Å². The summed E-state index contributed by atoms with van der Waals surface area (Å²) in [5.74, 6) is 0.941. The van der Waals surface area contributed by atoms with Crippen molar-refractivity contribution in [2.75, 3.05) is 42.9 Å². The molecule has 0 radical (unpaired) electrons. The lowest BCUT2D eigenvalue weighted by molar-refractivity contribution is -0.131. The summed E-state index contributed by atoms with van der Waals surface area (Å²) in [6, 6.07) is 8.10. The average molecular weight is 339 g/mol. The van der Waals surface area contributed by atoms with E-state index in [0.717, 1.165) is 37.8 Å². The van der Waals surface area contributed by atoms with E-state index in [1.807, 2.05) is 11.0 Å². The standard InChI is InChI=1S/C19H25N5O/c1-15-4-5-17(14-16(15)2)20-9-6-18(25)23-10-12-24(13-11-23)19-21-7-3-8-22-19/h3-5,7-8,14,20H,6,9-13H2,1-2H3. The molecule has 2 aromatic rings. The van der Waals surface area contributed by atoms with Gasteiger partial charge < -0.3 is 15.1 Å². The summed E-state index contributed by atoms with van der Waals surface area (Å²) >= 11 is 0. The zero-order valence-corrected chi connectivity index (χ0v) is 14.9. The van der Waals surface area contributed by atoms with Gasteiger partial charge in [-0.15, -0.1) is 0 Å². The molecule has 0 aliphatic carbocycles. The molecule has 3 rings (SSSR count). The fourth-order valence-corrected chi connectivity index (χ4v) is 2.93. The minimum Gasteiger partial charge on any atom is -0.385 e. The number of amides is 1. The van der Waals surface area contributed by atoms with E-state index in [1.165, 1.54) is 11.1 Å². The molecule has 1 aliphatic heterocycles. The molecule has 0 atom stereocenters. The SMILES string of the molecule is Cc1ccc(NCCC(=O)N2CCN(c3ncccn3)CC2)cc1C. The van der Waals surface area contributed by atoms with Gasteiger partial charge in [-0.05, 0) is 43.2 Å². The van der Waals surface area contributed by atoms with Gasteiger partial charge in [-0.25, -0.2) is 9.97 Å². The van der Waals surface area contributed by atoms with Crippen LogP contribution in [0.25, 0.3) is 0 Å². The van der Waals surface area contributed by atoms with Crippen molar-refractivity contribution in [2.24, 2.45) is 0 Å². The van der Waals surface area contributed by atoms with E-state index in [4.69, 9.17) is 0 Å². The zero-order chi connectivity index (χ0) is 17.6. The van der Waals surface area contributed by atoms with Gasteiger partial charge in [0.25, 0.3) is 0 Å². The van der Waals surface area contributed by atoms with Crippen LogP contribution in [0.1, 0.15) is 17.5 Å². The number of hydrogen-bond acceptors (Lipinski definition) is 5. The number of hydrogen-bond donors (Lipinski definition) is 1. The van der Waals surface area contributed by atoms with Crippen LogP contribution in [-0.2, 0) is 4.79 Å². The number of piperazine rings is 1. The van der Waals surface area contributed by atoms with Gasteiger partial charge in [-0.1, -0.05) is 6.07 Å². The monoisotopic (exact) mass is 339 g/mol. The first-order chi connectivity index (χ1) is 12.1. The highest BCUT2D eigenvalue weighted by atomic mass is 16.2. The molecule has 25 heavy (non-hydrogen) atoms. The smallest absolute Gasteiger partial charge is 0.225 e. The number of carbonyl (C=O) groups excluding carboxylic acids is 1. The summed E-state index contributed by atoms with van der Waals surface area (Å²) in [6.07, 6.45) is 4.01. The molecule has 1 fully saturated rings. The Hall–Kier alpha value is -2.63. The molecule has 0 unspecified atom stereocenters. The summed E-state index contributed by atoms with van der Waals surface area (Å²) in [6.45, 7) is 7.86. The first-order valence-electron chi connectivity index (χ1n) is 8.74. The number of aryl methyl sites for hydroxylation is 2. The number of carbonyl (C=O) groups is 1. The van der Waals surface area contributed by atoms with Gasteiger partial charge in [0.2, 0.25) is 11.9 Å². The van der Waals surface area contributed by atoms with Gasteiger partial charge in [-0.2, -0.15) is 0 Å². The fraction of sp³-hybridized carbons (Fsp3) is 0.421. The molecule has 0 spiro atoms. The highest BCUT2D eigenvalue weighted by Crippen LogP contribution is 2.14. The van der Waals surface area contributed by atoms with Gasteiger partial charge in [0.15, 0.2) is 0 Å². The summed E-state index contributed by atoms with van der Waals surface area (Å²) in [5.41, 5.74) is 3.61. The van der Waals surface area contributed by atoms with Crippen LogP contribution in [0.4, 0.5) is 11.6 Å². The second-order valence-corrected chi connectivity index (χ2v) is 6.39. The Kier molecular flexibility index (Phi) is 5.48. The normalized spacial score (nSPS) is 14.5. The quantitative estimate of drug-likeness (QED) is 0.905. The number of nitrogens with one attached hydrogen (secondary N) is 1. The van der Waals surface area contributed by atoms with Crippen LogP contribution in [0, 0.1) is 13.8 Å². The van der Waals surface area contributed by atoms with Crippen LogP contribution in [0.5, 0.6) is 0 Å². The molecule has 0 bridgehead atoms. The average Bonchev–Trinajstić information content (AvgIpc) is 2.65. The number of nitrogens with zero attached hydrogens (tertiary/aromatic N) is 4. The fourth-order valence-electron chi connectivity index (χ4n) is 2.93.